The zero-order valence-electron chi connectivity index (χ0n) is 8.62. The van der Waals surface area contributed by atoms with Gasteiger partial charge in [-0.15, -0.1) is 4.99 Å². The van der Waals surface area contributed by atoms with Gasteiger partial charge in [-0.05, 0) is 38.4 Å². The second-order valence-electron chi connectivity index (χ2n) is 3.57. The Morgan fingerprint density at radius 3 is 2.71 bits per heavy atom. The van der Waals surface area contributed by atoms with Crippen LogP contribution in [-0.4, -0.2) is 30.6 Å². The van der Waals surface area contributed by atoms with E-state index < -0.39 is 0 Å². The minimum Gasteiger partial charge on any atom is -0.304 e. The summed E-state index contributed by atoms with van der Waals surface area (Å²) in [6, 6.07) is 2.45. The molecular formula is C11H16N2O. The van der Waals surface area contributed by atoms with Crippen molar-refractivity contribution >= 4 is 6.08 Å². The van der Waals surface area contributed by atoms with E-state index in [2.05, 4.69) is 28.8 Å². The molecule has 3 nitrogen and oxygen atoms in total. The third kappa shape index (κ3) is 3.74. The van der Waals surface area contributed by atoms with Crippen LogP contribution >= 0.6 is 0 Å². The average molecular weight is 192 g/mol. The van der Waals surface area contributed by atoms with Crippen LogP contribution < -0.4 is 0 Å². The number of hydrogen-bond acceptors (Lipinski definition) is 3. The zero-order valence-corrected chi connectivity index (χ0v) is 8.62. The third-order valence-electron chi connectivity index (χ3n) is 2.73. The lowest BCUT2D eigenvalue weighted by Crippen LogP contribution is -2.33. The van der Waals surface area contributed by atoms with Crippen LogP contribution in [-0.2, 0) is 4.79 Å². The molecule has 14 heavy (non-hydrogen) atoms. The van der Waals surface area contributed by atoms with E-state index in [9.17, 15) is 4.79 Å². The standard InChI is InChI=1S/C11H16N2O/c1-2-13-8-5-11(6-9-13)4-3-7-12-10-14/h11H,2,4-6,8-9H2,1H3. The first-order valence-corrected chi connectivity index (χ1v) is 5.14. The Labute approximate surface area is 85.2 Å². The number of rotatable bonds is 2. The minimum atomic E-state index is 0.687. The van der Waals surface area contributed by atoms with Crippen molar-refractivity contribution in [1.82, 2.24) is 4.90 Å². The van der Waals surface area contributed by atoms with Gasteiger partial charge in [0.15, 0.2) is 0 Å². The maximum atomic E-state index is 9.74. The Kier molecular flexibility index (Phi) is 4.99. The number of likely N-dealkylation sites (tertiary alicyclic amines) is 1. The summed E-state index contributed by atoms with van der Waals surface area (Å²) in [7, 11) is 0. The van der Waals surface area contributed by atoms with E-state index in [1.807, 2.05) is 0 Å². The number of hydrogen-bond donors (Lipinski definition) is 0. The molecule has 0 aliphatic carbocycles. The molecule has 0 amide bonds. The molecule has 0 N–H and O–H groups in total. The zero-order chi connectivity index (χ0) is 10.2. The molecule has 0 atom stereocenters. The van der Waals surface area contributed by atoms with Gasteiger partial charge in [0.1, 0.15) is 0 Å². The highest BCUT2D eigenvalue weighted by Crippen LogP contribution is 2.19. The maximum absolute atomic E-state index is 9.74. The molecular weight excluding hydrogens is 176 g/mol. The molecule has 1 aliphatic rings. The maximum Gasteiger partial charge on any atom is 0.249 e. The van der Waals surface area contributed by atoms with Gasteiger partial charge in [0, 0.05) is 12.5 Å². The second kappa shape index (κ2) is 6.37. The Morgan fingerprint density at radius 1 is 1.43 bits per heavy atom. The van der Waals surface area contributed by atoms with Crippen molar-refractivity contribution in [1.29, 1.82) is 0 Å². The first kappa shape index (κ1) is 11.0. The molecule has 1 saturated heterocycles. The molecule has 0 bridgehead atoms. The molecule has 0 aromatic rings. The van der Waals surface area contributed by atoms with Crippen molar-refractivity contribution < 1.29 is 4.79 Å². The van der Waals surface area contributed by atoms with E-state index in [0.29, 0.717) is 5.92 Å². The molecule has 1 heterocycles. The van der Waals surface area contributed by atoms with Crippen LogP contribution in [0.4, 0.5) is 0 Å². The van der Waals surface area contributed by atoms with Crippen molar-refractivity contribution in [2.75, 3.05) is 19.6 Å². The number of piperidine rings is 1. The van der Waals surface area contributed by atoms with Gasteiger partial charge < -0.3 is 4.90 Å². The first-order valence-electron chi connectivity index (χ1n) is 5.14. The summed E-state index contributed by atoms with van der Waals surface area (Å²) in [5, 5.41) is 0. The summed E-state index contributed by atoms with van der Waals surface area (Å²) >= 11 is 0. The molecule has 0 aromatic heterocycles. The number of isocyanates is 1. The normalized spacial score (nSPS) is 18.1. The fourth-order valence-electron chi connectivity index (χ4n) is 1.76. The number of nitrogens with zero attached hydrogens (tertiary/aromatic N) is 2. The van der Waals surface area contributed by atoms with Crippen LogP contribution in [0, 0.1) is 17.9 Å². The van der Waals surface area contributed by atoms with Crippen molar-refractivity contribution in [2.45, 2.75) is 26.2 Å². The molecule has 0 spiro atoms. The summed E-state index contributed by atoms with van der Waals surface area (Å²) in [6.07, 6.45) is 4.71. The van der Waals surface area contributed by atoms with Crippen LogP contribution in [0.15, 0.2) is 4.99 Å². The van der Waals surface area contributed by atoms with Crippen LogP contribution in [0.1, 0.15) is 26.2 Å². The van der Waals surface area contributed by atoms with Gasteiger partial charge in [0.05, 0.1) is 0 Å². The molecule has 3 heteroatoms. The Bertz CT molecular complexity index is 263. The summed E-state index contributed by atoms with van der Waals surface area (Å²) in [4.78, 5) is 15.4. The van der Waals surface area contributed by atoms with Gasteiger partial charge in [0.25, 0.3) is 0 Å². The highest BCUT2D eigenvalue weighted by molar-refractivity contribution is 5.36. The van der Waals surface area contributed by atoms with E-state index in [4.69, 9.17) is 0 Å². The van der Waals surface area contributed by atoms with Crippen molar-refractivity contribution in [3.05, 3.63) is 0 Å². The molecule has 1 rings (SSSR count). The Balaban J connectivity index is 2.23. The van der Waals surface area contributed by atoms with Gasteiger partial charge in [-0.3, -0.25) is 0 Å². The molecule has 0 aromatic carbocycles. The molecule has 1 fully saturated rings. The van der Waals surface area contributed by atoms with Crippen LogP contribution in [0.5, 0.6) is 0 Å². The average Bonchev–Trinajstić information content (AvgIpc) is 2.25. The van der Waals surface area contributed by atoms with Gasteiger partial charge in [-0.2, -0.15) is 0 Å². The van der Waals surface area contributed by atoms with Gasteiger partial charge in [-0.1, -0.05) is 12.8 Å². The topological polar surface area (TPSA) is 32.7 Å². The Hall–Kier alpha value is -1.10. The predicted octanol–water partition coefficient (Wildman–Crippen LogP) is 1.41. The smallest absolute Gasteiger partial charge is 0.249 e. The van der Waals surface area contributed by atoms with E-state index in [1.54, 1.807) is 0 Å². The summed E-state index contributed by atoms with van der Waals surface area (Å²) < 4.78 is 0. The highest BCUT2D eigenvalue weighted by atomic mass is 16.1. The van der Waals surface area contributed by atoms with Gasteiger partial charge in [0.2, 0.25) is 6.08 Å². The third-order valence-corrected chi connectivity index (χ3v) is 2.73. The predicted molar refractivity (Wildman–Crippen MR) is 55.4 cm³/mol. The lowest BCUT2D eigenvalue weighted by atomic mass is 9.94. The second-order valence-corrected chi connectivity index (χ2v) is 3.57. The van der Waals surface area contributed by atoms with E-state index in [0.717, 1.165) is 13.0 Å². The quantitative estimate of drug-likeness (QED) is 0.376. The molecule has 1 aliphatic heterocycles. The molecule has 0 saturated carbocycles. The van der Waals surface area contributed by atoms with Crippen molar-refractivity contribution in [2.24, 2.45) is 10.9 Å². The summed E-state index contributed by atoms with van der Waals surface area (Å²) in [5.74, 6) is 3.58. The number of carbonyl (C=O) groups excluding carboxylic acids is 1. The monoisotopic (exact) mass is 192 g/mol. The fraction of sp³-hybridized carbons (Fsp3) is 0.727. The fourth-order valence-corrected chi connectivity index (χ4v) is 1.76. The summed E-state index contributed by atoms with van der Waals surface area (Å²) in [6.45, 7) is 5.70. The van der Waals surface area contributed by atoms with Crippen LogP contribution in [0.2, 0.25) is 0 Å². The molecule has 0 unspecified atom stereocenters. The van der Waals surface area contributed by atoms with Crippen molar-refractivity contribution in [3.63, 3.8) is 0 Å². The molecule has 76 valence electrons. The Morgan fingerprint density at radius 2 is 2.14 bits per heavy atom. The lowest BCUT2D eigenvalue weighted by molar-refractivity contribution is 0.194. The molecule has 0 radical (unpaired) electrons. The van der Waals surface area contributed by atoms with Crippen LogP contribution in [0.3, 0.4) is 0 Å². The first-order chi connectivity index (χ1) is 6.86. The van der Waals surface area contributed by atoms with E-state index in [-0.39, 0.29) is 0 Å². The highest BCUT2D eigenvalue weighted by Gasteiger charge is 2.16. The largest absolute Gasteiger partial charge is 0.304 e. The summed E-state index contributed by atoms with van der Waals surface area (Å²) in [5.41, 5.74) is 0. The SMILES string of the molecule is CCN1CCC(CC#CN=C=O)CC1. The minimum absolute atomic E-state index is 0.687. The van der Waals surface area contributed by atoms with Crippen LogP contribution in [0.25, 0.3) is 0 Å². The van der Waals surface area contributed by atoms with Gasteiger partial charge >= 0.3 is 0 Å². The van der Waals surface area contributed by atoms with E-state index >= 15 is 0 Å². The van der Waals surface area contributed by atoms with E-state index in [1.165, 1.54) is 32.0 Å². The van der Waals surface area contributed by atoms with Gasteiger partial charge in [-0.25, -0.2) is 4.79 Å². The number of aliphatic imine (C=N–C) groups is 1. The van der Waals surface area contributed by atoms with Crippen molar-refractivity contribution in [3.8, 4) is 12.0 Å². The lowest BCUT2D eigenvalue weighted by Gasteiger charge is -2.29.